The van der Waals surface area contributed by atoms with E-state index in [-0.39, 0.29) is 6.61 Å². The van der Waals surface area contributed by atoms with Crippen LogP contribution >= 0.6 is 0 Å². The number of benzene rings is 1. The van der Waals surface area contributed by atoms with Gasteiger partial charge in [-0.25, -0.2) is 4.68 Å². The zero-order chi connectivity index (χ0) is 13.7. The van der Waals surface area contributed by atoms with Crippen molar-refractivity contribution in [2.45, 2.75) is 6.92 Å². The second-order valence-electron chi connectivity index (χ2n) is 3.84. The monoisotopic (exact) mass is 259 g/mol. The molecule has 6 nitrogen and oxygen atoms in total. The van der Waals surface area contributed by atoms with Crippen LogP contribution in [0, 0.1) is 0 Å². The van der Waals surface area contributed by atoms with E-state index in [9.17, 15) is 9.59 Å². The molecular weight excluding hydrogens is 246 g/mol. The smallest absolute Gasteiger partial charge is 0.303 e. The molecule has 0 saturated carbocycles. The van der Waals surface area contributed by atoms with E-state index in [4.69, 9.17) is 0 Å². The van der Waals surface area contributed by atoms with Crippen LogP contribution in [0.5, 0.6) is 0 Å². The lowest BCUT2D eigenvalue weighted by Crippen LogP contribution is -2.19. The van der Waals surface area contributed by atoms with E-state index in [1.54, 1.807) is 10.9 Å². The molecule has 98 valence electrons. The molecule has 1 amide bonds. The standard InChI is InChI=1S/C13H13N3O3/c1-10(17)19-9-13(18)15-11-7-14-16(8-11)12-5-3-2-4-6-12/h2-8H,9H2,1H3,(H,15,18). The van der Waals surface area contributed by atoms with Crippen LogP contribution in [-0.4, -0.2) is 28.3 Å². The Balaban J connectivity index is 1.98. The topological polar surface area (TPSA) is 73.2 Å². The third kappa shape index (κ3) is 3.67. The van der Waals surface area contributed by atoms with Crippen LogP contribution < -0.4 is 5.32 Å². The predicted octanol–water partition coefficient (Wildman–Crippen LogP) is 1.37. The van der Waals surface area contributed by atoms with E-state index in [1.807, 2.05) is 30.3 Å². The molecule has 2 rings (SSSR count). The van der Waals surface area contributed by atoms with Crippen LogP contribution in [0.4, 0.5) is 5.69 Å². The van der Waals surface area contributed by atoms with Gasteiger partial charge in [-0.15, -0.1) is 0 Å². The normalized spacial score (nSPS) is 9.95. The number of amides is 1. The summed E-state index contributed by atoms with van der Waals surface area (Å²) < 4.78 is 6.23. The van der Waals surface area contributed by atoms with Crippen LogP contribution in [0.25, 0.3) is 5.69 Å². The maximum Gasteiger partial charge on any atom is 0.303 e. The lowest BCUT2D eigenvalue weighted by Gasteiger charge is -2.02. The molecule has 0 unspecified atom stereocenters. The van der Waals surface area contributed by atoms with Gasteiger partial charge in [-0.3, -0.25) is 9.59 Å². The van der Waals surface area contributed by atoms with Gasteiger partial charge in [0.2, 0.25) is 0 Å². The summed E-state index contributed by atoms with van der Waals surface area (Å²) in [5, 5.41) is 6.72. The zero-order valence-corrected chi connectivity index (χ0v) is 10.4. The third-order valence-electron chi connectivity index (χ3n) is 2.29. The molecule has 19 heavy (non-hydrogen) atoms. The first-order valence-corrected chi connectivity index (χ1v) is 5.68. The number of para-hydroxylation sites is 1. The Kier molecular flexibility index (Phi) is 3.92. The fourth-order valence-electron chi connectivity index (χ4n) is 1.47. The quantitative estimate of drug-likeness (QED) is 0.842. The van der Waals surface area contributed by atoms with Crippen LogP contribution in [-0.2, 0) is 14.3 Å². The van der Waals surface area contributed by atoms with Gasteiger partial charge in [0.25, 0.3) is 5.91 Å². The van der Waals surface area contributed by atoms with E-state index >= 15 is 0 Å². The number of esters is 1. The molecule has 2 aromatic rings. The summed E-state index contributed by atoms with van der Waals surface area (Å²) in [5.41, 5.74) is 1.43. The lowest BCUT2D eigenvalue weighted by molar-refractivity contribution is -0.144. The fourth-order valence-corrected chi connectivity index (χ4v) is 1.47. The van der Waals surface area contributed by atoms with Crippen molar-refractivity contribution in [3.8, 4) is 5.69 Å². The van der Waals surface area contributed by atoms with Gasteiger partial charge in [-0.05, 0) is 12.1 Å². The Morgan fingerprint density at radius 1 is 1.32 bits per heavy atom. The van der Waals surface area contributed by atoms with E-state index in [0.717, 1.165) is 5.69 Å². The van der Waals surface area contributed by atoms with Crippen molar-refractivity contribution in [1.29, 1.82) is 0 Å². The first-order valence-electron chi connectivity index (χ1n) is 5.68. The van der Waals surface area contributed by atoms with Gasteiger partial charge in [0.15, 0.2) is 6.61 Å². The van der Waals surface area contributed by atoms with E-state index in [2.05, 4.69) is 15.2 Å². The van der Waals surface area contributed by atoms with Crippen molar-refractivity contribution in [3.63, 3.8) is 0 Å². The van der Waals surface area contributed by atoms with Gasteiger partial charge >= 0.3 is 5.97 Å². The molecule has 0 fully saturated rings. The molecule has 0 radical (unpaired) electrons. The molecule has 0 bridgehead atoms. The highest BCUT2D eigenvalue weighted by atomic mass is 16.5. The predicted molar refractivity (Wildman–Crippen MR) is 68.8 cm³/mol. The van der Waals surface area contributed by atoms with Gasteiger partial charge in [0.05, 0.1) is 23.8 Å². The van der Waals surface area contributed by atoms with Gasteiger partial charge in [-0.2, -0.15) is 5.10 Å². The minimum atomic E-state index is -0.491. The summed E-state index contributed by atoms with van der Waals surface area (Å²) in [6.45, 7) is 0.951. The van der Waals surface area contributed by atoms with Crippen molar-refractivity contribution in [2.24, 2.45) is 0 Å². The number of nitrogens with one attached hydrogen (secondary N) is 1. The average molecular weight is 259 g/mol. The van der Waals surface area contributed by atoms with Crippen molar-refractivity contribution in [2.75, 3.05) is 11.9 Å². The molecule has 1 aromatic carbocycles. The highest BCUT2D eigenvalue weighted by molar-refractivity contribution is 5.92. The van der Waals surface area contributed by atoms with Gasteiger partial charge < -0.3 is 10.1 Å². The average Bonchev–Trinajstić information content (AvgIpc) is 2.86. The molecule has 6 heteroatoms. The number of anilines is 1. The second kappa shape index (κ2) is 5.81. The number of hydrogen-bond donors (Lipinski definition) is 1. The molecule has 0 saturated heterocycles. The number of nitrogens with zero attached hydrogens (tertiary/aromatic N) is 2. The Hall–Kier alpha value is -2.63. The van der Waals surface area contributed by atoms with Gasteiger partial charge in [0.1, 0.15) is 0 Å². The number of aromatic nitrogens is 2. The van der Waals surface area contributed by atoms with Crippen molar-refractivity contribution >= 4 is 17.6 Å². The zero-order valence-electron chi connectivity index (χ0n) is 10.4. The minimum absolute atomic E-state index is 0.300. The molecule has 0 spiro atoms. The van der Waals surface area contributed by atoms with Crippen LogP contribution in [0.3, 0.4) is 0 Å². The van der Waals surface area contributed by atoms with Gasteiger partial charge in [-0.1, -0.05) is 18.2 Å². The SMILES string of the molecule is CC(=O)OCC(=O)Nc1cnn(-c2ccccc2)c1. The number of ether oxygens (including phenoxy) is 1. The van der Waals surface area contributed by atoms with Crippen molar-refractivity contribution in [3.05, 3.63) is 42.7 Å². The largest absolute Gasteiger partial charge is 0.456 e. The molecule has 0 atom stereocenters. The summed E-state index contributed by atoms with van der Waals surface area (Å²) in [6.07, 6.45) is 3.21. The first-order chi connectivity index (χ1) is 9.15. The maximum atomic E-state index is 11.4. The summed E-state index contributed by atoms with van der Waals surface area (Å²) in [4.78, 5) is 22.0. The molecular formula is C13H13N3O3. The Labute approximate surface area is 110 Å². The third-order valence-corrected chi connectivity index (χ3v) is 2.29. The minimum Gasteiger partial charge on any atom is -0.456 e. The van der Waals surface area contributed by atoms with Crippen LogP contribution in [0.2, 0.25) is 0 Å². The summed E-state index contributed by atoms with van der Waals surface area (Å²) in [6, 6.07) is 9.51. The van der Waals surface area contributed by atoms with Gasteiger partial charge in [0, 0.05) is 6.92 Å². The molecule has 1 N–H and O–H groups in total. The number of carbonyl (C=O) groups is 2. The fraction of sp³-hybridized carbons (Fsp3) is 0.154. The molecule has 0 aliphatic rings. The van der Waals surface area contributed by atoms with E-state index < -0.39 is 11.9 Å². The lowest BCUT2D eigenvalue weighted by atomic mass is 10.3. The second-order valence-corrected chi connectivity index (χ2v) is 3.84. The molecule has 0 aliphatic heterocycles. The van der Waals surface area contributed by atoms with Crippen LogP contribution in [0.15, 0.2) is 42.7 Å². The summed E-state index contributed by atoms with van der Waals surface area (Å²) >= 11 is 0. The Morgan fingerprint density at radius 2 is 2.05 bits per heavy atom. The number of carbonyl (C=O) groups excluding carboxylic acids is 2. The highest BCUT2D eigenvalue weighted by Crippen LogP contribution is 2.10. The van der Waals surface area contributed by atoms with E-state index in [1.165, 1.54) is 13.1 Å². The van der Waals surface area contributed by atoms with Crippen molar-refractivity contribution < 1.29 is 14.3 Å². The van der Waals surface area contributed by atoms with E-state index in [0.29, 0.717) is 5.69 Å². The van der Waals surface area contributed by atoms with Crippen molar-refractivity contribution in [1.82, 2.24) is 9.78 Å². The molecule has 0 aliphatic carbocycles. The van der Waals surface area contributed by atoms with Crippen LogP contribution in [0.1, 0.15) is 6.92 Å². The number of hydrogen-bond acceptors (Lipinski definition) is 4. The first kappa shape index (κ1) is 12.8. The molecule has 1 aromatic heterocycles. The molecule has 1 heterocycles. The number of rotatable bonds is 4. The Bertz CT molecular complexity index is 578. The Morgan fingerprint density at radius 3 is 2.74 bits per heavy atom. The summed E-state index contributed by atoms with van der Waals surface area (Å²) in [5.74, 6) is -0.891. The highest BCUT2D eigenvalue weighted by Gasteiger charge is 2.06. The summed E-state index contributed by atoms with van der Waals surface area (Å²) in [7, 11) is 0. The maximum absolute atomic E-state index is 11.4.